The Morgan fingerprint density at radius 1 is 1.20 bits per heavy atom. The van der Waals surface area contributed by atoms with Crippen LogP contribution in [-0.4, -0.2) is 39.2 Å². The molecule has 1 heterocycles. The maximum Gasteiger partial charge on any atom is 0.332 e. The van der Waals surface area contributed by atoms with Crippen LogP contribution in [0.25, 0.3) is 0 Å². The van der Waals surface area contributed by atoms with Crippen molar-refractivity contribution in [1.29, 1.82) is 0 Å². The summed E-state index contributed by atoms with van der Waals surface area (Å²) in [5, 5.41) is 9.71. The summed E-state index contributed by atoms with van der Waals surface area (Å²) in [4.78, 5) is 38.6. The molecule has 2 aromatic rings. The fourth-order valence-corrected chi connectivity index (χ4v) is 2.59. The lowest BCUT2D eigenvalue weighted by molar-refractivity contribution is 0.0994. The number of Topliss-reactive ketones (excluding diaryl/α,β-unsaturated/α-hetero) is 1. The van der Waals surface area contributed by atoms with Crippen LogP contribution in [0.5, 0.6) is 0 Å². The zero-order valence-electron chi connectivity index (χ0n) is 14.5. The third-order valence-electron chi connectivity index (χ3n) is 3.93. The van der Waals surface area contributed by atoms with E-state index in [9.17, 15) is 19.5 Å². The molecule has 0 aliphatic rings. The van der Waals surface area contributed by atoms with E-state index in [1.807, 2.05) is 18.2 Å². The topological polar surface area (TPSA) is 111 Å². The molecule has 1 aromatic carbocycles. The Hall–Kier alpha value is -2.87. The molecule has 8 nitrogen and oxygen atoms in total. The molecule has 2 rings (SSSR count). The lowest BCUT2D eigenvalue weighted by atomic mass is 10.1. The second kappa shape index (κ2) is 7.35. The summed E-state index contributed by atoms with van der Waals surface area (Å²) in [6.07, 6.45) is -0.673. The number of rotatable bonds is 6. The number of carbonyl (C=O) groups excluding carboxylic acids is 1. The highest BCUT2D eigenvalue weighted by Gasteiger charge is 2.23. The molecule has 1 aromatic heterocycles. The van der Waals surface area contributed by atoms with Crippen molar-refractivity contribution in [2.45, 2.75) is 13.0 Å². The monoisotopic (exact) mass is 346 g/mol. The van der Waals surface area contributed by atoms with E-state index in [0.717, 1.165) is 14.8 Å². The van der Waals surface area contributed by atoms with Crippen LogP contribution in [0.4, 0.5) is 11.5 Å². The number of anilines is 2. The predicted molar refractivity (Wildman–Crippen MR) is 96.0 cm³/mol. The van der Waals surface area contributed by atoms with Gasteiger partial charge in [0.15, 0.2) is 5.78 Å². The van der Waals surface area contributed by atoms with Gasteiger partial charge in [0.2, 0.25) is 0 Å². The third-order valence-corrected chi connectivity index (χ3v) is 3.93. The summed E-state index contributed by atoms with van der Waals surface area (Å²) in [6.45, 7) is 1.67. The zero-order chi connectivity index (χ0) is 18.7. The number of nitrogens with two attached hydrogens (primary N) is 1. The highest BCUT2D eigenvalue weighted by molar-refractivity contribution is 6.02. The van der Waals surface area contributed by atoms with Gasteiger partial charge in [-0.25, -0.2) is 4.79 Å². The molecular formula is C17H22N4O4. The number of para-hydroxylation sites is 1. The quantitative estimate of drug-likeness (QED) is 0.697. The average Bonchev–Trinajstić information content (AvgIpc) is 2.58. The van der Waals surface area contributed by atoms with Gasteiger partial charge in [-0.15, -0.1) is 0 Å². The number of carbonyl (C=O) groups is 1. The molecule has 0 fully saturated rings. The van der Waals surface area contributed by atoms with Crippen molar-refractivity contribution in [3.63, 3.8) is 0 Å². The van der Waals surface area contributed by atoms with Crippen molar-refractivity contribution in [3.05, 3.63) is 56.7 Å². The molecule has 8 heteroatoms. The van der Waals surface area contributed by atoms with Gasteiger partial charge in [0.1, 0.15) is 11.4 Å². The standard InChI is InChI=1S/C17H22N4O4/c1-11(22)9-21(12-7-5-4-6-8-12)10-13(23)14-15(18)19(2)17(25)20(3)16(14)24/h4-8,11,22H,9-10,18H2,1-3H3/t11-/m1/s1. The number of nitrogens with zero attached hydrogens (tertiary/aromatic N) is 3. The molecule has 0 amide bonds. The third kappa shape index (κ3) is 3.80. The Bertz CT molecular complexity index is 884. The van der Waals surface area contributed by atoms with Crippen molar-refractivity contribution in [3.8, 4) is 0 Å². The molecule has 0 saturated heterocycles. The minimum absolute atomic E-state index is 0.146. The first-order valence-electron chi connectivity index (χ1n) is 7.80. The SMILES string of the molecule is C[C@@H](O)CN(CC(=O)c1c(N)n(C)c(=O)n(C)c1=O)c1ccccc1. The van der Waals surface area contributed by atoms with E-state index in [1.54, 1.807) is 24.0 Å². The van der Waals surface area contributed by atoms with Crippen LogP contribution in [0.1, 0.15) is 17.3 Å². The van der Waals surface area contributed by atoms with Gasteiger partial charge in [-0.3, -0.25) is 18.7 Å². The number of benzene rings is 1. The molecule has 0 aliphatic heterocycles. The van der Waals surface area contributed by atoms with Gasteiger partial charge in [-0.2, -0.15) is 0 Å². The minimum Gasteiger partial charge on any atom is -0.392 e. The summed E-state index contributed by atoms with van der Waals surface area (Å²) < 4.78 is 1.92. The Kier molecular flexibility index (Phi) is 5.43. The second-order valence-corrected chi connectivity index (χ2v) is 5.95. The van der Waals surface area contributed by atoms with Crippen LogP contribution in [0.2, 0.25) is 0 Å². The van der Waals surface area contributed by atoms with Crippen LogP contribution < -0.4 is 21.9 Å². The maximum absolute atomic E-state index is 12.7. The number of hydrogen-bond donors (Lipinski definition) is 2. The number of ketones is 1. The van der Waals surface area contributed by atoms with Crippen LogP contribution in [0, 0.1) is 0 Å². The minimum atomic E-state index is -0.726. The molecule has 0 bridgehead atoms. The van der Waals surface area contributed by atoms with Crippen molar-refractivity contribution in [1.82, 2.24) is 9.13 Å². The first-order valence-corrected chi connectivity index (χ1v) is 7.80. The second-order valence-electron chi connectivity index (χ2n) is 5.95. The molecule has 0 aliphatic carbocycles. The van der Waals surface area contributed by atoms with Gasteiger partial charge >= 0.3 is 5.69 Å². The molecule has 0 saturated carbocycles. The van der Waals surface area contributed by atoms with Gasteiger partial charge in [0.25, 0.3) is 5.56 Å². The molecule has 134 valence electrons. The summed E-state index contributed by atoms with van der Waals surface area (Å²) in [5.74, 6) is -0.679. The number of aliphatic hydroxyl groups is 1. The van der Waals surface area contributed by atoms with Gasteiger partial charge < -0.3 is 15.7 Å². The number of aliphatic hydroxyl groups excluding tert-OH is 1. The summed E-state index contributed by atoms with van der Waals surface area (Å²) >= 11 is 0. The van der Waals surface area contributed by atoms with E-state index in [0.29, 0.717) is 0 Å². The van der Waals surface area contributed by atoms with E-state index in [4.69, 9.17) is 5.73 Å². The highest BCUT2D eigenvalue weighted by atomic mass is 16.3. The predicted octanol–water partition coefficient (Wildman–Crippen LogP) is -0.264. The first kappa shape index (κ1) is 18.5. The number of nitrogen functional groups attached to an aromatic ring is 1. The Morgan fingerprint density at radius 2 is 1.80 bits per heavy atom. The summed E-state index contributed by atoms with van der Waals surface area (Å²) in [5.41, 5.74) is 5.02. The van der Waals surface area contributed by atoms with Crippen LogP contribution in [-0.2, 0) is 14.1 Å². The van der Waals surface area contributed by atoms with Crippen LogP contribution in [0.15, 0.2) is 39.9 Å². The van der Waals surface area contributed by atoms with Gasteiger partial charge in [0.05, 0.1) is 12.6 Å². The fraction of sp³-hybridized carbons (Fsp3) is 0.353. The first-order chi connectivity index (χ1) is 11.7. The maximum atomic E-state index is 12.7. The normalized spacial score (nSPS) is 12.0. The molecule has 25 heavy (non-hydrogen) atoms. The lowest BCUT2D eigenvalue weighted by Crippen LogP contribution is -2.44. The average molecular weight is 346 g/mol. The van der Waals surface area contributed by atoms with E-state index in [-0.39, 0.29) is 24.5 Å². The van der Waals surface area contributed by atoms with E-state index in [1.165, 1.54) is 14.1 Å². The lowest BCUT2D eigenvalue weighted by Gasteiger charge is -2.25. The van der Waals surface area contributed by atoms with Crippen molar-refractivity contribution in [2.24, 2.45) is 14.1 Å². The summed E-state index contributed by atoms with van der Waals surface area (Å²) in [7, 11) is 2.70. The fourth-order valence-electron chi connectivity index (χ4n) is 2.59. The zero-order valence-corrected chi connectivity index (χ0v) is 14.5. The molecule has 0 unspecified atom stereocenters. The largest absolute Gasteiger partial charge is 0.392 e. The Labute approximate surface area is 144 Å². The molecular weight excluding hydrogens is 324 g/mol. The highest BCUT2D eigenvalue weighted by Crippen LogP contribution is 2.15. The van der Waals surface area contributed by atoms with Gasteiger partial charge in [-0.1, -0.05) is 18.2 Å². The van der Waals surface area contributed by atoms with Crippen molar-refractivity contribution in [2.75, 3.05) is 23.7 Å². The van der Waals surface area contributed by atoms with Crippen LogP contribution >= 0.6 is 0 Å². The van der Waals surface area contributed by atoms with E-state index >= 15 is 0 Å². The number of hydrogen-bond acceptors (Lipinski definition) is 6. The molecule has 3 N–H and O–H groups in total. The van der Waals surface area contributed by atoms with E-state index in [2.05, 4.69) is 0 Å². The Balaban J connectivity index is 2.43. The molecule has 0 radical (unpaired) electrons. The van der Waals surface area contributed by atoms with E-state index < -0.39 is 23.1 Å². The number of aromatic nitrogens is 2. The van der Waals surface area contributed by atoms with Crippen molar-refractivity contribution < 1.29 is 9.90 Å². The summed E-state index contributed by atoms with van der Waals surface area (Å²) in [6, 6.07) is 9.07. The molecule has 1 atom stereocenters. The molecule has 0 spiro atoms. The van der Waals surface area contributed by atoms with Crippen molar-refractivity contribution >= 4 is 17.3 Å². The van der Waals surface area contributed by atoms with Gasteiger partial charge in [-0.05, 0) is 19.1 Å². The van der Waals surface area contributed by atoms with Crippen LogP contribution in [0.3, 0.4) is 0 Å². The smallest absolute Gasteiger partial charge is 0.332 e. The van der Waals surface area contributed by atoms with Gasteiger partial charge in [0, 0.05) is 26.3 Å². The Morgan fingerprint density at radius 3 is 2.36 bits per heavy atom.